The summed E-state index contributed by atoms with van der Waals surface area (Å²) < 4.78 is 11.7. The largest absolute Gasteiger partial charge is 0.507 e. The SMILES string of the molecule is O=C(CC(c1ccnc2ccccc12)c1c(O)cc(O)c2c(=O)cc(-c3ccccc3)oc12)N1CCOCC1. The number of aromatic nitrogens is 1. The van der Waals surface area contributed by atoms with E-state index in [1.165, 1.54) is 6.07 Å². The second kappa shape index (κ2) is 10.2. The molecule has 1 aliphatic rings. The Balaban J connectivity index is 1.61. The van der Waals surface area contributed by atoms with E-state index in [1.54, 1.807) is 11.1 Å². The molecule has 1 aliphatic heterocycles. The van der Waals surface area contributed by atoms with Crippen molar-refractivity contribution in [2.24, 2.45) is 0 Å². The Labute approximate surface area is 223 Å². The van der Waals surface area contributed by atoms with E-state index in [4.69, 9.17) is 9.15 Å². The third-order valence-corrected chi connectivity index (χ3v) is 7.21. The maximum absolute atomic E-state index is 13.6. The summed E-state index contributed by atoms with van der Waals surface area (Å²) in [5.74, 6) is -1.19. The van der Waals surface area contributed by atoms with Gasteiger partial charge in [0, 0.05) is 60.3 Å². The number of phenols is 2. The molecule has 8 heteroatoms. The molecule has 39 heavy (non-hydrogen) atoms. The molecule has 1 amide bonds. The molecule has 1 fully saturated rings. The number of benzene rings is 3. The lowest BCUT2D eigenvalue weighted by molar-refractivity contribution is -0.135. The van der Waals surface area contributed by atoms with Crippen LogP contribution in [0.3, 0.4) is 0 Å². The van der Waals surface area contributed by atoms with Crippen LogP contribution >= 0.6 is 0 Å². The van der Waals surface area contributed by atoms with Gasteiger partial charge in [-0.25, -0.2) is 0 Å². The lowest BCUT2D eigenvalue weighted by Crippen LogP contribution is -2.41. The van der Waals surface area contributed by atoms with Crippen molar-refractivity contribution in [3.63, 3.8) is 0 Å². The van der Waals surface area contributed by atoms with Crippen LogP contribution < -0.4 is 5.43 Å². The first-order valence-corrected chi connectivity index (χ1v) is 12.8. The molecule has 2 N–H and O–H groups in total. The van der Waals surface area contributed by atoms with E-state index in [0.29, 0.717) is 31.9 Å². The first-order valence-electron chi connectivity index (χ1n) is 12.8. The number of ether oxygens (including phenoxy) is 1. The quantitative estimate of drug-likeness (QED) is 0.341. The van der Waals surface area contributed by atoms with Gasteiger partial charge in [-0.2, -0.15) is 0 Å². The summed E-state index contributed by atoms with van der Waals surface area (Å²) in [5, 5.41) is 22.8. The molecule has 6 rings (SSSR count). The van der Waals surface area contributed by atoms with Crippen LogP contribution in [0.1, 0.15) is 23.5 Å². The third-order valence-electron chi connectivity index (χ3n) is 7.21. The zero-order valence-corrected chi connectivity index (χ0v) is 21.0. The second-order valence-corrected chi connectivity index (χ2v) is 9.54. The number of fused-ring (bicyclic) bond motifs is 2. The van der Waals surface area contributed by atoms with Crippen LogP contribution in [0.15, 0.2) is 88.2 Å². The fourth-order valence-corrected chi connectivity index (χ4v) is 5.31. The van der Waals surface area contributed by atoms with Gasteiger partial charge in [0.1, 0.15) is 28.2 Å². The van der Waals surface area contributed by atoms with Crippen molar-refractivity contribution < 1.29 is 24.2 Å². The van der Waals surface area contributed by atoms with E-state index < -0.39 is 17.1 Å². The van der Waals surface area contributed by atoms with Crippen LogP contribution in [0.2, 0.25) is 0 Å². The number of carbonyl (C=O) groups is 1. The number of morpholine rings is 1. The predicted octanol–water partition coefficient (Wildman–Crippen LogP) is 4.80. The normalized spacial score (nSPS) is 14.5. The minimum Gasteiger partial charge on any atom is -0.507 e. The van der Waals surface area contributed by atoms with E-state index in [0.717, 1.165) is 22.5 Å². The van der Waals surface area contributed by atoms with Crippen molar-refractivity contribution in [2.45, 2.75) is 12.3 Å². The van der Waals surface area contributed by atoms with Gasteiger partial charge < -0.3 is 24.3 Å². The van der Waals surface area contributed by atoms with Gasteiger partial charge in [0.25, 0.3) is 0 Å². The molecule has 3 aromatic carbocycles. The molecule has 1 unspecified atom stereocenters. The van der Waals surface area contributed by atoms with Crippen LogP contribution in [0.25, 0.3) is 33.2 Å². The number of hydrogen-bond donors (Lipinski definition) is 2. The van der Waals surface area contributed by atoms with Gasteiger partial charge in [0.15, 0.2) is 5.43 Å². The van der Waals surface area contributed by atoms with Gasteiger partial charge in [-0.1, -0.05) is 48.5 Å². The highest BCUT2D eigenvalue weighted by molar-refractivity contribution is 5.92. The van der Waals surface area contributed by atoms with Crippen LogP contribution in [0.4, 0.5) is 0 Å². The van der Waals surface area contributed by atoms with Gasteiger partial charge >= 0.3 is 0 Å². The van der Waals surface area contributed by atoms with Crippen LogP contribution in [0, 0.1) is 0 Å². The average molecular weight is 523 g/mol. The number of pyridine rings is 1. The molecule has 0 aliphatic carbocycles. The van der Waals surface area contributed by atoms with E-state index in [9.17, 15) is 19.8 Å². The Hall–Kier alpha value is -4.69. The summed E-state index contributed by atoms with van der Waals surface area (Å²) in [7, 11) is 0. The number of phenolic OH excluding ortho intramolecular Hbond substituents is 2. The highest BCUT2D eigenvalue weighted by atomic mass is 16.5. The molecule has 0 saturated carbocycles. The number of rotatable bonds is 5. The lowest BCUT2D eigenvalue weighted by atomic mass is 9.84. The van der Waals surface area contributed by atoms with Crippen molar-refractivity contribution in [3.8, 4) is 22.8 Å². The zero-order chi connectivity index (χ0) is 26.9. The molecule has 0 bridgehead atoms. The second-order valence-electron chi connectivity index (χ2n) is 9.54. The first kappa shape index (κ1) is 24.6. The number of amides is 1. The highest BCUT2D eigenvalue weighted by Gasteiger charge is 2.31. The van der Waals surface area contributed by atoms with E-state index in [-0.39, 0.29) is 40.4 Å². The summed E-state index contributed by atoms with van der Waals surface area (Å²) in [6, 6.07) is 21.0. The molecule has 196 valence electrons. The number of aromatic hydroxyl groups is 2. The van der Waals surface area contributed by atoms with Crippen LogP contribution in [-0.4, -0.2) is 52.3 Å². The third kappa shape index (κ3) is 4.59. The molecule has 2 aromatic heterocycles. The van der Waals surface area contributed by atoms with E-state index >= 15 is 0 Å². The molecule has 0 spiro atoms. The fourth-order valence-electron chi connectivity index (χ4n) is 5.31. The van der Waals surface area contributed by atoms with E-state index in [2.05, 4.69) is 4.98 Å². The maximum Gasteiger partial charge on any atom is 0.223 e. The zero-order valence-electron chi connectivity index (χ0n) is 21.0. The van der Waals surface area contributed by atoms with Crippen LogP contribution in [0.5, 0.6) is 11.5 Å². The molecule has 8 nitrogen and oxygen atoms in total. The average Bonchev–Trinajstić information content (AvgIpc) is 2.96. The molecular formula is C31H26N2O6. The highest BCUT2D eigenvalue weighted by Crippen LogP contribution is 2.44. The van der Waals surface area contributed by atoms with Crippen molar-refractivity contribution in [3.05, 3.63) is 100 Å². The lowest BCUT2D eigenvalue weighted by Gasteiger charge is -2.29. The molecule has 0 radical (unpaired) electrons. The topological polar surface area (TPSA) is 113 Å². The van der Waals surface area contributed by atoms with E-state index in [1.807, 2.05) is 60.7 Å². The summed E-state index contributed by atoms with van der Waals surface area (Å²) in [6.45, 7) is 1.85. The van der Waals surface area contributed by atoms with Gasteiger partial charge in [0.2, 0.25) is 5.91 Å². The summed E-state index contributed by atoms with van der Waals surface area (Å²) >= 11 is 0. The number of para-hydroxylation sites is 1. The van der Waals surface area contributed by atoms with Crippen molar-refractivity contribution in [2.75, 3.05) is 26.3 Å². The predicted molar refractivity (Wildman–Crippen MR) is 147 cm³/mol. The van der Waals surface area contributed by atoms with Gasteiger partial charge in [-0.3, -0.25) is 14.6 Å². The number of nitrogens with zero attached hydrogens (tertiary/aromatic N) is 2. The Morgan fingerprint density at radius 3 is 2.49 bits per heavy atom. The summed E-state index contributed by atoms with van der Waals surface area (Å²) in [6.07, 6.45) is 1.66. The van der Waals surface area contributed by atoms with Crippen LogP contribution in [-0.2, 0) is 9.53 Å². The molecule has 3 heterocycles. The summed E-state index contributed by atoms with van der Waals surface area (Å²) in [5.41, 5.74) is 1.99. The Morgan fingerprint density at radius 2 is 1.69 bits per heavy atom. The molecule has 5 aromatic rings. The molecular weight excluding hydrogens is 496 g/mol. The Bertz CT molecular complexity index is 1740. The standard InChI is InChI=1S/C31H26N2O6/c34-24-17-25(35)30-26(36)18-27(19-6-2-1-3-7-19)39-31(30)29(24)22(16-28(37)33-12-14-38-15-13-33)20-10-11-32-23-9-5-4-8-21(20)23/h1-11,17-18,22,34-35H,12-16H2. The minimum atomic E-state index is -0.703. The maximum atomic E-state index is 13.6. The minimum absolute atomic E-state index is 0.000712. The monoisotopic (exact) mass is 522 g/mol. The smallest absolute Gasteiger partial charge is 0.223 e. The Kier molecular flexibility index (Phi) is 6.46. The van der Waals surface area contributed by atoms with Crippen molar-refractivity contribution in [1.82, 2.24) is 9.88 Å². The van der Waals surface area contributed by atoms with Gasteiger partial charge in [0.05, 0.1) is 18.7 Å². The Morgan fingerprint density at radius 1 is 0.949 bits per heavy atom. The number of hydrogen-bond acceptors (Lipinski definition) is 7. The van der Waals surface area contributed by atoms with Gasteiger partial charge in [-0.15, -0.1) is 0 Å². The molecule has 1 saturated heterocycles. The molecule has 1 atom stereocenters. The fraction of sp³-hybridized carbons (Fsp3) is 0.194. The van der Waals surface area contributed by atoms with Crippen molar-refractivity contribution >= 4 is 27.8 Å². The van der Waals surface area contributed by atoms with Crippen molar-refractivity contribution in [1.29, 1.82) is 0 Å². The first-order chi connectivity index (χ1) is 19.0. The number of carbonyl (C=O) groups excluding carboxylic acids is 1. The van der Waals surface area contributed by atoms with Gasteiger partial charge in [-0.05, 0) is 17.7 Å². The summed E-state index contributed by atoms with van der Waals surface area (Å²) in [4.78, 5) is 33.1.